The Labute approximate surface area is 81.3 Å². The molecule has 0 saturated carbocycles. The molecule has 0 amide bonds. The lowest BCUT2D eigenvalue weighted by Gasteiger charge is -1.95. The molecule has 1 aromatic heterocycles. The fourth-order valence-electron chi connectivity index (χ4n) is 1.07. The molecule has 0 aromatic carbocycles. The lowest BCUT2D eigenvalue weighted by atomic mass is 10.2. The van der Waals surface area contributed by atoms with Gasteiger partial charge >= 0.3 is 0 Å². The van der Waals surface area contributed by atoms with Gasteiger partial charge in [0.1, 0.15) is 4.60 Å². The van der Waals surface area contributed by atoms with Gasteiger partial charge in [0.15, 0.2) is 0 Å². The van der Waals surface area contributed by atoms with Crippen LogP contribution < -0.4 is 5.32 Å². The molecule has 0 radical (unpaired) electrons. The predicted octanol–water partition coefficient (Wildman–Crippen LogP) is 1.33. The zero-order chi connectivity index (χ0) is 8.97. The third kappa shape index (κ3) is 2.60. The highest BCUT2D eigenvalue weighted by molar-refractivity contribution is 9.10. The van der Waals surface area contributed by atoms with Gasteiger partial charge in [-0.3, -0.25) is 4.68 Å². The van der Waals surface area contributed by atoms with Crippen LogP contribution in [0.3, 0.4) is 0 Å². The van der Waals surface area contributed by atoms with E-state index in [1.165, 1.54) is 0 Å². The highest BCUT2D eigenvalue weighted by Crippen LogP contribution is 2.11. The molecular formula is C8H14BrN3. The minimum atomic E-state index is 1.04. The number of nitrogens with zero attached hydrogens (tertiary/aromatic N) is 2. The summed E-state index contributed by atoms with van der Waals surface area (Å²) in [5.74, 6) is 0. The zero-order valence-electron chi connectivity index (χ0n) is 7.47. The highest BCUT2D eigenvalue weighted by Gasteiger charge is 2.00. The average molecular weight is 232 g/mol. The van der Waals surface area contributed by atoms with Gasteiger partial charge in [0, 0.05) is 7.05 Å². The summed E-state index contributed by atoms with van der Waals surface area (Å²) in [7, 11) is 3.90. The summed E-state index contributed by atoms with van der Waals surface area (Å²) in [5.41, 5.74) is 1.15. The summed E-state index contributed by atoms with van der Waals surface area (Å²) in [6.45, 7) is 1.05. The van der Waals surface area contributed by atoms with Gasteiger partial charge in [-0.05, 0) is 48.4 Å². The van der Waals surface area contributed by atoms with Gasteiger partial charge in [-0.25, -0.2) is 0 Å². The van der Waals surface area contributed by atoms with Crippen LogP contribution in [-0.2, 0) is 13.5 Å². The highest BCUT2D eigenvalue weighted by atomic mass is 79.9. The van der Waals surface area contributed by atoms with Crippen molar-refractivity contribution < 1.29 is 0 Å². The second kappa shape index (κ2) is 4.62. The molecule has 0 spiro atoms. The average Bonchev–Trinajstić information content (AvgIpc) is 2.32. The molecule has 1 aromatic rings. The van der Waals surface area contributed by atoms with Crippen LogP contribution in [0.15, 0.2) is 10.7 Å². The fourth-order valence-corrected chi connectivity index (χ4v) is 1.41. The minimum absolute atomic E-state index is 1.04. The van der Waals surface area contributed by atoms with Crippen molar-refractivity contribution in [2.45, 2.75) is 12.8 Å². The molecule has 0 bridgehead atoms. The first-order chi connectivity index (χ1) is 5.74. The van der Waals surface area contributed by atoms with Gasteiger partial charge in [0.2, 0.25) is 0 Å². The van der Waals surface area contributed by atoms with Crippen LogP contribution in [0.25, 0.3) is 0 Å². The van der Waals surface area contributed by atoms with E-state index in [9.17, 15) is 0 Å². The van der Waals surface area contributed by atoms with Crippen molar-refractivity contribution in [2.24, 2.45) is 7.05 Å². The number of aryl methyl sites for hydroxylation is 2. The van der Waals surface area contributed by atoms with Crippen LogP contribution >= 0.6 is 15.9 Å². The first kappa shape index (κ1) is 9.74. The third-order valence-electron chi connectivity index (χ3n) is 1.73. The van der Waals surface area contributed by atoms with E-state index in [1.54, 1.807) is 0 Å². The monoisotopic (exact) mass is 231 g/mol. The Bertz CT molecular complexity index is 225. The molecule has 0 aliphatic heterocycles. The lowest BCUT2D eigenvalue weighted by Crippen LogP contribution is -2.08. The Hall–Kier alpha value is -0.350. The fraction of sp³-hybridized carbons (Fsp3) is 0.625. The van der Waals surface area contributed by atoms with Gasteiger partial charge in [0.25, 0.3) is 0 Å². The molecule has 4 heteroatoms. The molecule has 1 N–H and O–H groups in total. The summed E-state index contributed by atoms with van der Waals surface area (Å²) in [6.07, 6.45) is 2.18. The summed E-state index contributed by atoms with van der Waals surface area (Å²) in [4.78, 5) is 0. The number of halogens is 1. The van der Waals surface area contributed by atoms with Crippen molar-refractivity contribution in [1.82, 2.24) is 15.1 Å². The zero-order valence-corrected chi connectivity index (χ0v) is 9.06. The van der Waals surface area contributed by atoms with Crippen LogP contribution in [0.2, 0.25) is 0 Å². The molecule has 1 heterocycles. The van der Waals surface area contributed by atoms with Crippen LogP contribution in [-0.4, -0.2) is 23.4 Å². The molecule has 0 saturated heterocycles. The number of nitrogens with one attached hydrogen (secondary N) is 1. The second-order valence-corrected chi connectivity index (χ2v) is 3.60. The van der Waals surface area contributed by atoms with Crippen LogP contribution in [0.1, 0.15) is 12.1 Å². The van der Waals surface area contributed by atoms with E-state index in [1.807, 2.05) is 18.8 Å². The van der Waals surface area contributed by atoms with E-state index in [4.69, 9.17) is 0 Å². The first-order valence-corrected chi connectivity index (χ1v) is 4.86. The maximum atomic E-state index is 4.32. The molecule has 3 nitrogen and oxygen atoms in total. The predicted molar refractivity (Wildman–Crippen MR) is 53.2 cm³/mol. The Kier molecular flexibility index (Phi) is 3.75. The Morgan fingerprint density at radius 1 is 1.67 bits per heavy atom. The molecule has 0 atom stereocenters. The number of rotatable bonds is 4. The SMILES string of the molecule is CNCCCc1cc(Br)n(C)n1. The first-order valence-electron chi connectivity index (χ1n) is 4.07. The minimum Gasteiger partial charge on any atom is -0.320 e. The Morgan fingerprint density at radius 2 is 2.42 bits per heavy atom. The standard InChI is InChI=1S/C8H14BrN3/c1-10-5-3-4-7-6-8(9)12(2)11-7/h6,10H,3-5H2,1-2H3. The topological polar surface area (TPSA) is 29.9 Å². The third-order valence-corrected chi connectivity index (χ3v) is 2.48. The van der Waals surface area contributed by atoms with E-state index in [-0.39, 0.29) is 0 Å². The maximum Gasteiger partial charge on any atom is 0.104 e. The molecule has 68 valence electrons. The van der Waals surface area contributed by atoms with Crippen molar-refractivity contribution in [3.05, 3.63) is 16.4 Å². The van der Waals surface area contributed by atoms with Gasteiger partial charge in [-0.15, -0.1) is 0 Å². The molecule has 0 aliphatic carbocycles. The Balaban J connectivity index is 2.42. The summed E-state index contributed by atoms with van der Waals surface area (Å²) >= 11 is 3.41. The molecule has 12 heavy (non-hydrogen) atoms. The van der Waals surface area contributed by atoms with E-state index in [0.29, 0.717) is 0 Å². The largest absolute Gasteiger partial charge is 0.320 e. The number of hydrogen-bond donors (Lipinski definition) is 1. The van der Waals surface area contributed by atoms with E-state index in [0.717, 1.165) is 29.7 Å². The quantitative estimate of drug-likeness (QED) is 0.794. The van der Waals surface area contributed by atoms with Crippen molar-refractivity contribution >= 4 is 15.9 Å². The summed E-state index contributed by atoms with van der Waals surface area (Å²) in [5, 5.41) is 7.44. The summed E-state index contributed by atoms with van der Waals surface area (Å²) in [6, 6.07) is 2.07. The number of hydrogen-bond acceptors (Lipinski definition) is 2. The van der Waals surface area contributed by atoms with Gasteiger partial charge in [-0.2, -0.15) is 5.10 Å². The normalized spacial score (nSPS) is 10.6. The van der Waals surface area contributed by atoms with Crippen molar-refractivity contribution in [1.29, 1.82) is 0 Å². The van der Waals surface area contributed by atoms with E-state index >= 15 is 0 Å². The van der Waals surface area contributed by atoms with Crippen LogP contribution in [0, 0.1) is 0 Å². The van der Waals surface area contributed by atoms with Crippen LogP contribution in [0.5, 0.6) is 0 Å². The molecule has 1 rings (SSSR count). The molecule has 0 fully saturated rings. The van der Waals surface area contributed by atoms with Gasteiger partial charge in [0.05, 0.1) is 5.69 Å². The molecule has 0 aliphatic rings. The van der Waals surface area contributed by atoms with Crippen LogP contribution in [0.4, 0.5) is 0 Å². The Morgan fingerprint density at radius 3 is 2.92 bits per heavy atom. The lowest BCUT2D eigenvalue weighted by molar-refractivity contribution is 0.685. The smallest absolute Gasteiger partial charge is 0.104 e. The number of aromatic nitrogens is 2. The second-order valence-electron chi connectivity index (χ2n) is 2.79. The van der Waals surface area contributed by atoms with Crippen molar-refractivity contribution in [3.8, 4) is 0 Å². The van der Waals surface area contributed by atoms with E-state index in [2.05, 4.69) is 32.4 Å². The van der Waals surface area contributed by atoms with Crippen molar-refractivity contribution in [2.75, 3.05) is 13.6 Å². The van der Waals surface area contributed by atoms with Crippen molar-refractivity contribution in [3.63, 3.8) is 0 Å². The van der Waals surface area contributed by atoms with Gasteiger partial charge in [-0.1, -0.05) is 0 Å². The molecule has 0 unspecified atom stereocenters. The maximum absolute atomic E-state index is 4.32. The van der Waals surface area contributed by atoms with E-state index < -0.39 is 0 Å². The van der Waals surface area contributed by atoms with Gasteiger partial charge < -0.3 is 5.32 Å². The summed E-state index contributed by atoms with van der Waals surface area (Å²) < 4.78 is 2.89. The molecular weight excluding hydrogens is 218 g/mol.